The maximum absolute atomic E-state index is 10.4. The zero-order chi connectivity index (χ0) is 37.3. The number of H-pyrrole nitrogens is 2. The van der Waals surface area contributed by atoms with Gasteiger partial charge in [-0.2, -0.15) is 5.06 Å². The lowest BCUT2D eigenvalue weighted by atomic mass is 10.3. The third kappa shape index (κ3) is 13.2. The molecular formula is C27H22Cl5N7O10. The summed E-state index contributed by atoms with van der Waals surface area (Å²) in [7, 11) is 0. The fraction of sp³-hybridized carbons (Fsp3) is 0.0741. The van der Waals surface area contributed by atoms with Crippen molar-refractivity contribution < 1.29 is 34.8 Å². The van der Waals surface area contributed by atoms with Gasteiger partial charge < -0.3 is 25.1 Å². The Kier molecular flexibility index (Phi) is 18.0. The monoisotopic (exact) mass is 779 g/mol. The molecule has 4 heterocycles. The van der Waals surface area contributed by atoms with Crippen LogP contribution in [0.1, 0.15) is 12.8 Å². The normalized spacial score (nSPS) is 11.2. The van der Waals surface area contributed by atoms with Crippen LogP contribution in [0.2, 0.25) is 25.1 Å². The van der Waals surface area contributed by atoms with Crippen LogP contribution in [0.25, 0.3) is 11.0 Å². The number of imide groups is 1. The standard InChI is InChI=1S/C6HCl5O.C6H5N3O.C5H4N2O3.C5H5NO.C4H5NO3.CH2O/c7-1-2(8)4(10)6(12)5(11)3(1)9;10-9-6-4-2-1-3-5(6)7-8-9;8-5-2-1-4(3-6-5)7(9)10;7-5-3-1-2-4-6-5;6-3-1-2-4(7)5(3)8;1-2/h12H;1-4,10H;1-3H,(H,6,8);1-4H,(H,6,7);8H,1-2H2;1H2. The molecule has 2 aromatic carbocycles. The average molecular weight is 782 g/mol. The van der Waals surface area contributed by atoms with Gasteiger partial charge in [0.15, 0.2) is 5.75 Å². The number of pyridine rings is 2. The fourth-order valence-corrected chi connectivity index (χ4v) is 4.04. The van der Waals surface area contributed by atoms with E-state index in [-0.39, 0.29) is 65.6 Å². The molecule has 0 bridgehead atoms. The Morgan fingerprint density at radius 3 is 1.65 bits per heavy atom. The highest BCUT2D eigenvalue weighted by Gasteiger charge is 2.26. The summed E-state index contributed by atoms with van der Waals surface area (Å²) >= 11 is 27.9. The number of nitro groups is 1. The number of aromatic amines is 2. The third-order valence-corrected chi connectivity index (χ3v) is 7.46. The summed E-state index contributed by atoms with van der Waals surface area (Å²) in [5, 5.41) is 43.6. The first-order valence-corrected chi connectivity index (χ1v) is 14.5. The number of phenolic OH excluding ortho intramolecular Hbond substituents is 1. The number of aromatic hydroxyl groups is 1. The second kappa shape index (κ2) is 21.0. The maximum atomic E-state index is 10.4. The highest BCUT2D eigenvalue weighted by molar-refractivity contribution is 6.55. The van der Waals surface area contributed by atoms with E-state index in [0.29, 0.717) is 11.0 Å². The van der Waals surface area contributed by atoms with Gasteiger partial charge in [-0.1, -0.05) is 81.0 Å². The van der Waals surface area contributed by atoms with Crippen LogP contribution in [0.3, 0.4) is 0 Å². The minimum atomic E-state index is -0.573. The van der Waals surface area contributed by atoms with Gasteiger partial charge in [-0.3, -0.25) is 34.5 Å². The second-order valence-electron chi connectivity index (χ2n) is 8.38. The van der Waals surface area contributed by atoms with Gasteiger partial charge in [0, 0.05) is 37.2 Å². The summed E-state index contributed by atoms with van der Waals surface area (Å²) in [5.41, 5.74) is 0.820. The molecule has 17 nitrogen and oxygen atoms in total. The molecule has 22 heteroatoms. The van der Waals surface area contributed by atoms with Crippen LogP contribution >= 0.6 is 58.0 Å². The molecule has 5 aromatic rings. The van der Waals surface area contributed by atoms with E-state index in [0.717, 1.165) is 23.2 Å². The summed E-state index contributed by atoms with van der Waals surface area (Å²) < 4.78 is 0. The highest BCUT2D eigenvalue weighted by Crippen LogP contribution is 2.47. The number of phenols is 1. The quantitative estimate of drug-likeness (QED) is 0.0275. The van der Waals surface area contributed by atoms with Crippen molar-refractivity contribution in [2.24, 2.45) is 0 Å². The molecule has 0 unspecified atom stereocenters. The zero-order valence-corrected chi connectivity index (χ0v) is 28.1. The van der Waals surface area contributed by atoms with Gasteiger partial charge in [0.25, 0.3) is 17.5 Å². The molecule has 0 atom stereocenters. The van der Waals surface area contributed by atoms with Gasteiger partial charge in [-0.15, -0.1) is 5.10 Å². The van der Waals surface area contributed by atoms with Gasteiger partial charge in [0.05, 0.1) is 26.2 Å². The molecule has 0 radical (unpaired) electrons. The Hall–Kier alpha value is -5.04. The van der Waals surface area contributed by atoms with Gasteiger partial charge in [-0.05, 0) is 23.4 Å². The molecule has 1 aliphatic heterocycles. The topological polar surface area (TPSA) is 255 Å². The predicted molar refractivity (Wildman–Crippen MR) is 179 cm³/mol. The number of nitrogens with one attached hydrogen (secondary N) is 2. The van der Waals surface area contributed by atoms with Crippen molar-refractivity contribution in [1.29, 1.82) is 0 Å². The van der Waals surface area contributed by atoms with Gasteiger partial charge in [0.2, 0.25) is 11.1 Å². The molecule has 2 amide bonds. The van der Waals surface area contributed by atoms with E-state index >= 15 is 0 Å². The summed E-state index contributed by atoms with van der Waals surface area (Å²) in [6.07, 6.45) is 2.95. The van der Waals surface area contributed by atoms with Crippen molar-refractivity contribution in [2.45, 2.75) is 12.8 Å². The molecule has 3 aromatic heterocycles. The molecule has 260 valence electrons. The number of hydrogen-bond donors (Lipinski definition) is 5. The Morgan fingerprint density at radius 2 is 1.27 bits per heavy atom. The first-order valence-electron chi connectivity index (χ1n) is 12.7. The van der Waals surface area contributed by atoms with Crippen LogP contribution in [-0.4, -0.2) is 69.2 Å². The smallest absolute Gasteiger partial charge is 0.285 e. The molecule has 0 saturated carbocycles. The van der Waals surface area contributed by atoms with Crippen molar-refractivity contribution in [2.75, 3.05) is 0 Å². The van der Waals surface area contributed by atoms with E-state index in [4.69, 9.17) is 73.2 Å². The number of aromatic nitrogens is 5. The molecule has 0 spiro atoms. The van der Waals surface area contributed by atoms with Crippen LogP contribution in [0, 0.1) is 10.1 Å². The van der Waals surface area contributed by atoms with E-state index in [1.165, 1.54) is 6.07 Å². The van der Waals surface area contributed by atoms with Gasteiger partial charge in [-0.25, -0.2) is 0 Å². The number of amides is 2. The lowest BCUT2D eigenvalue weighted by Crippen LogP contribution is -2.24. The summed E-state index contributed by atoms with van der Waals surface area (Å²) in [4.78, 5) is 63.9. The molecule has 5 N–H and O–H groups in total. The predicted octanol–water partition coefficient (Wildman–Crippen LogP) is 5.33. The average Bonchev–Trinajstić information content (AvgIpc) is 3.64. The Morgan fingerprint density at radius 1 is 0.755 bits per heavy atom. The van der Waals surface area contributed by atoms with Crippen LogP contribution in [-0.2, 0) is 14.4 Å². The zero-order valence-electron chi connectivity index (χ0n) is 24.3. The maximum Gasteiger partial charge on any atom is 0.285 e. The van der Waals surface area contributed by atoms with Crippen molar-refractivity contribution in [3.63, 3.8) is 0 Å². The summed E-state index contributed by atoms with van der Waals surface area (Å²) in [5.74, 6) is -1.37. The van der Waals surface area contributed by atoms with Crippen LogP contribution in [0.15, 0.2) is 76.6 Å². The van der Waals surface area contributed by atoms with E-state index in [9.17, 15) is 34.4 Å². The van der Waals surface area contributed by atoms with Gasteiger partial charge >= 0.3 is 0 Å². The third-order valence-electron chi connectivity index (χ3n) is 5.21. The van der Waals surface area contributed by atoms with E-state index in [1.54, 1.807) is 30.5 Å². The number of rotatable bonds is 1. The minimum absolute atomic E-state index is 0.00904. The number of para-hydroxylation sites is 1. The van der Waals surface area contributed by atoms with Crippen molar-refractivity contribution in [3.05, 3.63) is 123 Å². The molecule has 0 aliphatic carbocycles. The number of halogens is 5. The van der Waals surface area contributed by atoms with Crippen LogP contribution in [0.5, 0.6) is 5.75 Å². The second-order valence-corrected chi connectivity index (χ2v) is 10.3. The Bertz CT molecular complexity index is 1850. The Balaban J connectivity index is 0.000000305. The number of hydroxylamine groups is 2. The molecular weight excluding hydrogens is 760 g/mol. The van der Waals surface area contributed by atoms with E-state index in [2.05, 4.69) is 20.3 Å². The van der Waals surface area contributed by atoms with E-state index in [1.807, 2.05) is 18.9 Å². The molecule has 1 fully saturated rings. The fourth-order valence-electron chi connectivity index (χ4n) is 2.91. The SMILES string of the molecule is C=O.O=C1CCC(=O)N1O.O=c1ccc([N+](=O)[O-])c[nH]1.O=c1cccc[nH]1.Oc1c(Cl)c(Cl)c(Cl)c(Cl)c1Cl.On1nnc2ccccc21. The molecule has 1 saturated heterocycles. The van der Waals surface area contributed by atoms with Gasteiger partial charge in [0.1, 0.15) is 27.9 Å². The highest BCUT2D eigenvalue weighted by atomic mass is 35.5. The molecule has 49 heavy (non-hydrogen) atoms. The number of fused-ring (bicyclic) bond motifs is 1. The van der Waals surface area contributed by atoms with Crippen LogP contribution in [0.4, 0.5) is 5.69 Å². The summed E-state index contributed by atoms with van der Waals surface area (Å²) in [6.45, 7) is 2.00. The minimum Gasteiger partial charge on any atom is -0.505 e. The largest absolute Gasteiger partial charge is 0.505 e. The number of carbonyl (C=O) groups is 3. The van der Waals surface area contributed by atoms with Crippen molar-refractivity contribution >= 4 is 93.3 Å². The molecule has 1 aliphatic rings. The first-order chi connectivity index (χ1) is 23.1. The van der Waals surface area contributed by atoms with Crippen molar-refractivity contribution in [1.82, 2.24) is 30.2 Å². The lowest BCUT2D eigenvalue weighted by Gasteiger charge is -2.06. The Labute approximate surface area is 298 Å². The number of nitrogens with zero attached hydrogens (tertiary/aromatic N) is 5. The first kappa shape index (κ1) is 42.0. The number of hydrogen-bond acceptors (Lipinski definition) is 12. The van der Waals surface area contributed by atoms with Crippen molar-refractivity contribution in [3.8, 4) is 5.75 Å². The number of carbonyl (C=O) groups excluding carboxylic acids is 3. The number of benzene rings is 2. The van der Waals surface area contributed by atoms with Crippen LogP contribution < -0.4 is 11.1 Å². The lowest BCUT2D eigenvalue weighted by molar-refractivity contribution is -0.385. The molecule has 6 rings (SSSR count). The summed E-state index contributed by atoms with van der Waals surface area (Å²) in [6, 6.07) is 14.4. The van der Waals surface area contributed by atoms with E-state index < -0.39 is 16.7 Å².